The molecule has 0 fully saturated rings. The smallest absolute Gasteiger partial charge is 0.342 e. The van der Waals surface area contributed by atoms with Crippen LogP contribution in [0.15, 0.2) is 24.3 Å². The van der Waals surface area contributed by atoms with Crippen molar-refractivity contribution in [1.82, 2.24) is 9.97 Å². The zero-order valence-electron chi connectivity index (χ0n) is 14.2. The molecule has 1 unspecified atom stereocenters. The third kappa shape index (κ3) is 3.73. The molecular weight excluding hydrogens is 310 g/mol. The summed E-state index contributed by atoms with van der Waals surface area (Å²) in [4.78, 5) is 20.5. The predicted octanol–water partition coefficient (Wildman–Crippen LogP) is 2.69. The monoisotopic (exact) mass is 331 g/mol. The number of carbonyl (C=O) groups is 1. The Kier molecular flexibility index (Phi) is 5.57. The molecule has 0 aliphatic rings. The first-order chi connectivity index (χ1) is 11.5. The number of para-hydroxylation sites is 2. The molecule has 0 saturated carbocycles. The summed E-state index contributed by atoms with van der Waals surface area (Å²) in [5.41, 5.74) is 6.84. The van der Waals surface area contributed by atoms with Crippen molar-refractivity contribution < 1.29 is 19.0 Å². The fraction of sp³-hybridized carbons (Fsp3) is 0.353. The molecule has 0 spiro atoms. The molecule has 24 heavy (non-hydrogen) atoms. The van der Waals surface area contributed by atoms with Gasteiger partial charge in [-0.15, -0.1) is 0 Å². The van der Waals surface area contributed by atoms with Crippen LogP contribution in [0.3, 0.4) is 0 Å². The second kappa shape index (κ2) is 7.63. The van der Waals surface area contributed by atoms with Gasteiger partial charge in [-0.3, -0.25) is 0 Å². The molecule has 1 aromatic heterocycles. The van der Waals surface area contributed by atoms with E-state index in [4.69, 9.17) is 19.9 Å². The molecule has 0 aliphatic carbocycles. The average molecular weight is 331 g/mol. The molecule has 2 rings (SSSR count). The Bertz CT molecular complexity index is 734. The Morgan fingerprint density at radius 1 is 1.25 bits per heavy atom. The van der Waals surface area contributed by atoms with Crippen LogP contribution in [-0.2, 0) is 4.74 Å². The fourth-order valence-corrected chi connectivity index (χ4v) is 2.33. The summed E-state index contributed by atoms with van der Waals surface area (Å²) in [6, 6.07) is 7.23. The third-order valence-corrected chi connectivity index (χ3v) is 3.37. The van der Waals surface area contributed by atoms with Gasteiger partial charge in [0.05, 0.1) is 19.4 Å². The Morgan fingerprint density at radius 2 is 1.92 bits per heavy atom. The molecule has 7 nitrogen and oxygen atoms in total. The van der Waals surface area contributed by atoms with Crippen LogP contribution < -0.4 is 15.2 Å². The van der Waals surface area contributed by atoms with Crippen molar-refractivity contribution in [3.63, 3.8) is 0 Å². The molecule has 1 aromatic carbocycles. The Morgan fingerprint density at radius 3 is 2.54 bits per heavy atom. The highest BCUT2D eigenvalue weighted by Crippen LogP contribution is 2.31. The number of anilines is 1. The molecule has 0 aliphatic heterocycles. The van der Waals surface area contributed by atoms with E-state index < -0.39 is 12.1 Å². The first kappa shape index (κ1) is 17.5. The summed E-state index contributed by atoms with van der Waals surface area (Å²) in [6.45, 7) is 5.45. The van der Waals surface area contributed by atoms with Gasteiger partial charge in [0, 0.05) is 0 Å². The van der Waals surface area contributed by atoms with E-state index in [-0.39, 0.29) is 18.1 Å². The molecule has 7 heteroatoms. The topological polar surface area (TPSA) is 96.6 Å². The number of nitrogen functional groups attached to an aromatic ring is 1. The van der Waals surface area contributed by atoms with E-state index in [1.807, 2.05) is 12.1 Å². The molecule has 0 bridgehead atoms. The number of hydrogen-bond donors (Lipinski definition) is 1. The molecular formula is C17H21N3O4. The molecule has 128 valence electrons. The van der Waals surface area contributed by atoms with Gasteiger partial charge in [-0.05, 0) is 32.9 Å². The van der Waals surface area contributed by atoms with Crippen LogP contribution in [0.4, 0.5) is 5.95 Å². The van der Waals surface area contributed by atoms with Crippen molar-refractivity contribution in [2.24, 2.45) is 0 Å². The normalized spacial score (nSPS) is 11.7. The van der Waals surface area contributed by atoms with Crippen molar-refractivity contribution in [1.29, 1.82) is 0 Å². The lowest BCUT2D eigenvalue weighted by atomic mass is 10.1. The molecule has 1 atom stereocenters. The van der Waals surface area contributed by atoms with Crippen LogP contribution in [-0.4, -0.2) is 29.7 Å². The zero-order chi connectivity index (χ0) is 17.7. The van der Waals surface area contributed by atoms with E-state index in [1.165, 1.54) is 0 Å². The van der Waals surface area contributed by atoms with Gasteiger partial charge in [0.25, 0.3) is 0 Å². The van der Waals surface area contributed by atoms with Gasteiger partial charge in [-0.1, -0.05) is 12.1 Å². The van der Waals surface area contributed by atoms with E-state index in [0.29, 0.717) is 22.9 Å². The number of nitrogens with two attached hydrogens (primary N) is 1. The second-order valence-corrected chi connectivity index (χ2v) is 5.06. The number of aryl methyl sites for hydroxylation is 1. The number of hydrogen-bond acceptors (Lipinski definition) is 7. The molecule has 0 radical (unpaired) electrons. The first-order valence-electron chi connectivity index (χ1n) is 7.58. The molecule has 1 heterocycles. The van der Waals surface area contributed by atoms with E-state index in [9.17, 15) is 4.79 Å². The Balaban J connectivity index is 2.41. The predicted molar refractivity (Wildman–Crippen MR) is 89.2 cm³/mol. The first-order valence-corrected chi connectivity index (χ1v) is 7.58. The number of carbonyl (C=O) groups excluding carboxylic acids is 1. The largest absolute Gasteiger partial charge is 0.493 e. The summed E-state index contributed by atoms with van der Waals surface area (Å²) in [5, 5.41) is 0. The summed E-state index contributed by atoms with van der Waals surface area (Å²) in [6.07, 6.45) is -0.551. The van der Waals surface area contributed by atoms with E-state index >= 15 is 0 Å². The lowest BCUT2D eigenvalue weighted by molar-refractivity contribution is 0.0518. The lowest BCUT2D eigenvalue weighted by Crippen LogP contribution is -2.19. The SMILES string of the molecule is CCOC(=O)c1c(C)nc(N)nc1C(C)Oc1ccccc1OC. The van der Waals surface area contributed by atoms with E-state index in [1.54, 1.807) is 40.0 Å². The molecule has 2 aromatic rings. The average Bonchev–Trinajstić information content (AvgIpc) is 2.54. The Hall–Kier alpha value is -2.83. The third-order valence-electron chi connectivity index (χ3n) is 3.37. The van der Waals surface area contributed by atoms with Gasteiger partial charge in [-0.2, -0.15) is 0 Å². The van der Waals surface area contributed by atoms with Crippen LogP contribution >= 0.6 is 0 Å². The second-order valence-electron chi connectivity index (χ2n) is 5.06. The van der Waals surface area contributed by atoms with Crippen LogP contribution in [0, 0.1) is 6.92 Å². The molecule has 2 N–H and O–H groups in total. The quantitative estimate of drug-likeness (QED) is 0.813. The number of benzene rings is 1. The summed E-state index contributed by atoms with van der Waals surface area (Å²) >= 11 is 0. The number of nitrogens with zero attached hydrogens (tertiary/aromatic N) is 2. The fourth-order valence-electron chi connectivity index (χ4n) is 2.33. The number of ether oxygens (including phenoxy) is 3. The van der Waals surface area contributed by atoms with Crippen molar-refractivity contribution in [2.45, 2.75) is 26.9 Å². The minimum Gasteiger partial charge on any atom is -0.493 e. The minimum absolute atomic E-state index is 0.0750. The van der Waals surface area contributed by atoms with Crippen LogP contribution in [0.25, 0.3) is 0 Å². The van der Waals surface area contributed by atoms with Crippen molar-refractivity contribution in [3.05, 3.63) is 41.2 Å². The number of esters is 1. The van der Waals surface area contributed by atoms with Gasteiger partial charge in [0.1, 0.15) is 17.4 Å². The van der Waals surface area contributed by atoms with Gasteiger partial charge in [0.15, 0.2) is 11.5 Å². The van der Waals surface area contributed by atoms with Crippen molar-refractivity contribution in [3.8, 4) is 11.5 Å². The molecule has 0 amide bonds. The highest BCUT2D eigenvalue weighted by atomic mass is 16.5. The maximum atomic E-state index is 12.3. The van der Waals surface area contributed by atoms with Crippen LogP contribution in [0.2, 0.25) is 0 Å². The number of methoxy groups -OCH3 is 1. The van der Waals surface area contributed by atoms with Gasteiger partial charge < -0.3 is 19.9 Å². The van der Waals surface area contributed by atoms with E-state index in [0.717, 1.165) is 0 Å². The summed E-state index contributed by atoms with van der Waals surface area (Å²) in [7, 11) is 1.56. The van der Waals surface area contributed by atoms with Gasteiger partial charge in [-0.25, -0.2) is 14.8 Å². The maximum Gasteiger partial charge on any atom is 0.342 e. The zero-order valence-corrected chi connectivity index (χ0v) is 14.2. The number of aromatic nitrogens is 2. The highest BCUT2D eigenvalue weighted by molar-refractivity contribution is 5.92. The maximum absolute atomic E-state index is 12.3. The van der Waals surface area contributed by atoms with Crippen LogP contribution in [0.1, 0.15) is 41.7 Å². The summed E-state index contributed by atoms with van der Waals surface area (Å²) in [5.74, 6) is 0.699. The molecule has 0 saturated heterocycles. The Labute approximate surface area is 140 Å². The lowest BCUT2D eigenvalue weighted by Gasteiger charge is -2.19. The minimum atomic E-state index is -0.551. The van der Waals surface area contributed by atoms with E-state index in [2.05, 4.69) is 9.97 Å². The van der Waals surface area contributed by atoms with Crippen LogP contribution in [0.5, 0.6) is 11.5 Å². The summed E-state index contributed by atoms with van der Waals surface area (Å²) < 4.78 is 16.3. The van der Waals surface area contributed by atoms with Crippen molar-refractivity contribution >= 4 is 11.9 Å². The standard InChI is InChI=1S/C17H21N3O4/c1-5-23-16(21)14-10(2)19-17(18)20-15(14)11(3)24-13-9-7-6-8-12(13)22-4/h6-9,11H,5H2,1-4H3,(H2,18,19,20). The number of rotatable bonds is 6. The van der Waals surface area contributed by atoms with Gasteiger partial charge >= 0.3 is 5.97 Å². The van der Waals surface area contributed by atoms with Crippen molar-refractivity contribution in [2.75, 3.05) is 19.5 Å². The van der Waals surface area contributed by atoms with Gasteiger partial charge in [0.2, 0.25) is 5.95 Å². The highest BCUT2D eigenvalue weighted by Gasteiger charge is 2.25.